The number of fused-ring (bicyclic) bond motifs is 1. The summed E-state index contributed by atoms with van der Waals surface area (Å²) >= 11 is 0. The summed E-state index contributed by atoms with van der Waals surface area (Å²) in [6.07, 6.45) is 1.92. The number of hydrazine groups is 1. The molecule has 0 amide bonds. The Morgan fingerprint density at radius 1 is 0.926 bits per heavy atom. The molecular formula is C22H27N5. The zero-order valence-corrected chi connectivity index (χ0v) is 16.6. The summed E-state index contributed by atoms with van der Waals surface area (Å²) < 4.78 is 0. The Hall–Kier alpha value is -2.50. The zero-order valence-electron chi connectivity index (χ0n) is 16.6. The van der Waals surface area contributed by atoms with Gasteiger partial charge in [-0.2, -0.15) is 0 Å². The predicted molar refractivity (Wildman–Crippen MR) is 112 cm³/mol. The highest BCUT2D eigenvalue weighted by Gasteiger charge is 2.15. The lowest BCUT2D eigenvalue weighted by Crippen LogP contribution is -2.47. The van der Waals surface area contributed by atoms with E-state index in [1.165, 1.54) is 27.8 Å². The van der Waals surface area contributed by atoms with Crippen molar-refractivity contribution in [2.75, 3.05) is 38.7 Å². The molecule has 0 atom stereocenters. The van der Waals surface area contributed by atoms with E-state index in [4.69, 9.17) is 4.98 Å². The fourth-order valence-corrected chi connectivity index (χ4v) is 3.94. The van der Waals surface area contributed by atoms with Crippen LogP contribution in [0.5, 0.6) is 0 Å². The number of rotatable bonds is 3. The van der Waals surface area contributed by atoms with Crippen LogP contribution in [0.2, 0.25) is 0 Å². The van der Waals surface area contributed by atoms with E-state index in [2.05, 4.69) is 78.5 Å². The molecule has 0 aliphatic carbocycles. The Labute approximate surface area is 161 Å². The molecule has 0 bridgehead atoms. The Kier molecular flexibility index (Phi) is 4.81. The average molecular weight is 361 g/mol. The zero-order chi connectivity index (χ0) is 19.0. The SMILES string of the molecule is Cc1cc(C)c(-c2ccc3nc(NN4CCN(C)CC4)ncc3c2)c(C)c1. The molecule has 2 heterocycles. The Balaban J connectivity index is 1.61. The largest absolute Gasteiger partial charge is 0.304 e. The third kappa shape index (κ3) is 3.80. The van der Waals surface area contributed by atoms with Crippen LogP contribution in [0, 0.1) is 20.8 Å². The van der Waals surface area contributed by atoms with Crippen LogP contribution in [-0.2, 0) is 0 Å². The summed E-state index contributed by atoms with van der Waals surface area (Å²) in [5.41, 5.74) is 10.8. The molecule has 1 aromatic heterocycles. The molecule has 27 heavy (non-hydrogen) atoms. The first-order chi connectivity index (χ1) is 13.0. The van der Waals surface area contributed by atoms with Crippen molar-refractivity contribution in [2.24, 2.45) is 0 Å². The number of hydrogen-bond acceptors (Lipinski definition) is 5. The van der Waals surface area contributed by atoms with Gasteiger partial charge in [0.15, 0.2) is 0 Å². The van der Waals surface area contributed by atoms with E-state index < -0.39 is 0 Å². The molecule has 0 unspecified atom stereocenters. The van der Waals surface area contributed by atoms with Crippen molar-refractivity contribution in [3.8, 4) is 11.1 Å². The monoisotopic (exact) mass is 361 g/mol. The van der Waals surface area contributed by atoms with Crippen LogP contribution in [0.15, 0.2) is 36.5 Å². The number of aromatic nitrogens is 2. The molecule has 5 heteroatoms. The minimum atomic E-state index is 0.669. The van der Waals surface area contributed by atoms with Gasteiger partial charge in [0.1, 0.15) is 0 Å². The summed E-state index contributed by atoms with van der Waals surface area (Å²) in [5, 5.41) is 3.25. The molecule has 4 rings (SSSR count). The third-order valence-electron chi connectivity index (χ3n) is 5.31. The highest BCUT2D eigenvalue weighted by atomic mass is 15.5. The first kappa shape index (κ1) is 17.9. The number of nitrogens with one attached hydrogen (secondary N) is 1. The van der Waals surface area contributed by atoms with Crippen molar-refractivity contribution in [1.29, 1.82) is 0 Å². The second-order valence-electron chi connectivity index (χ2n) is 7.64. The Bertz CT molecular complexity index is 951. The van der Waals surface area contributed by atoms with Crippen LogP contribution in [0.3, 0.4) is 0 Å². The molecular weight excluding hydrogens is 334 g/mol. The second-order valence-corrected chi connectivity index (χ2v) is 7.64. The van der Waals surface area contributed by atoms with Crippen molar-refractivity contribution in [2.45, 2.75) is 20.8 Å². The maximum Gasteiger partial charge on any atom is 0.238 e. The maximum absolute atomic E-state index is 4.70. The maximum atomic E-state index is 4.70. The van der Waals surface area contributed by atoms with Crippen LogP contribution in [0.25, 0.3) is 22.0 Å². The summed E-state index contributed by atoms with van der Waals surface area (Å²) in [6, 6.07) is 10.9. The van der Waals surface area contributed by atoms with E-state index in [1.54, 1.807) is 0 Å². The summed E-state index contributed by atoms with van der Waals surface area (Å²) in [4.78, 5) is 11.6. The van der Waals surface area contributed by atoms with Gasteiger partial charge in [0.2, 0.25) is 5.95 Å². The molecule has 0 spiro atoms. The standard InChI is InChI=1S/C22H27N5/c1-15-11-16(2)21(17(3)12-15)18-5-6-20-19(13-18)14-23-22(24-20)25-27-9-7-26(4)8-10-27/h5-6,11-14H,7-10H2,1-4H3,(H,23,24,25). The van der Waals surface area contributed by atoms with E-state index in [0.29, 0.717) is 5.95 Å². The molecule has 1 saturated heterocycles. The van der Waals surface area contributed by atoms with E-state index in [0.717, 1.165) is 37.1 Å². The number of likely N-dealkylation sites (N-methyl/N-ethyl adjacent to an activating group) is 1. The van der Waals surface area contributed by atoms with Crippen LogP contribution >= 0.6 is 0 Å². The minimum Gasteiger partial charge on any atom is -0.304 e. The molecule has 0 saturated carbocycles. The van der Waals surface area contributed by atoms with Gasteiger partial charge in [-0.3, -0.25) is 5.43 Å². The van der Waals surface area contributed by atoms with E-state index in [-0.39, 0.29) is 0 Å². The number of benzene rings is 2. The summed E-state index contributed by atoms with van der Waals surface area (Å²) in [6.45, 7) is 10.6. The quantitative estimate of drug-likeness (QED) is 0.769. The van der Waals surface area contributed by atoms with Crippen molar-refractivity contribution in [3.05, 3.63) is 53.2 Å². The summed E-state index contributed by atoms with van der Waals surface area (Å²) in [5.74, 6) is 0.669. The average Bonchev–Trinajstić information content (AvgIpc) is 2.63. The van der Waals surface area contributed by atoms with E-state index in [9.17, 15) is 0 Å². The van der Waals surface area contributed by atoms with Gasteiger partial charge in [-0.1, -0.05) is 23.8 Å². The smallest absolute Gasteiger partial charge is 0.238 e. The predicted octanol–water partition coefficient (Wildman–Crippen LogP) is 3.80. The first-order valence-electron chi connectivity index (χ1n) is 9.55. The van der Waals surface area contributed by atoms with Crippen LogP contribution < -0.4 is 5.43 Å². The number of hydrogen-bond donors (Lipinski definition) is 1. The molecule has 0 radical (unpaired) electrons. The number of nitrogens with zero attached hydrogens (tertiary/aromatic N) is 4. The van der Waals surface area contributed by atoms with Gasteiger partial charge in [0.05, 0.1) is 5.52 Å². The van der Waals surface area contributed by atoms with Crippen molar-refractivity contribution in [1.82, 2.24) is 19.9 Å². The van der Waals surface area contributed by atoms with Gasteiger partial charge < -0.3 is 4.90 Å². The Morgan fingerprint density at radius 3 is 2.33 bits per heavy atom. The lowest BCUT2D eigenvalue weighted by molar-refractivity contribution is 0.178. The fourth-order valence-electron chi connectivity index (χ4n) is 3.94. The molecule has 1 aliphatic heterocycles. The number of piperazine rings is 1. The van der Waals surface area contributed by atoms with Crippen molar-refractivity contribution in [3.63, 3.8) is 0 Å². The third-order valence-corrected chi connectivity index (χ3v) is 5.31. The molecule has 5 nitrogen and oxygen atoms in total. The van der Waals surface area contributed by atoms with Gasteiger partial charge in [-0.15, -0.1) is 0 Å². The topological polar surface area (TPSA) is 44.3 Å². The molecule has 1 N–H and O–H groups in total. The lowest BCUT2D eigenvalue weighted by atomic mass is 9.93. The van der Waals surface area contributed by atoms with E-state index in [1.807, 2.05) is 6.20 Å². The van der Waals surface area contributed by atoms with Gasteiger partial charge in [-0.05, 0) is 62.2 Å². The van der Waals surface area contributed by atoms with Gasteiger partial charge in [0.25, 0.3) is 0 Å². The first-order valence-corrected chi connectivity index (χ1v) is 9.55. The molecule has 1 fully saturated rings. The summed E-state index contributed by atoms with van der Waals surface area (Å²) in [7, 11) is 2.15. The van der Waals surface area contributed by atoms with Crippen LogP contribution in [0.4, 0.5) is 5.95 Å². The van der Waals surface area contributed by atoms with Gasteiger partial charge in [0, 0.05) is 37.8 Å². The normalized spacial score (nSPS) is 16.0. The highest BCUT2D eigenvalue weighted by Crippen LogP contribution is 2.30. The highest BCUT2D eigenvalue weighted by molar-refractivity contribution is 5.86. The molecule has 3 aromatic rings. The Morgan fingerprint density at radius 2 is 1.63 bits per heavy atom. The number of anilines is 1. The van der Waals surface area contributed by atoms with Crippen LogP contribution in [-0.4, -0.2) is 53.1 Å². The second kappa shape index (κ2) is 7.25. The van der Waals surface area contributed by atoms with Crippen LogP contribution in [0.1, 0.15) is 16.7 Å². The van der Waals surface area contributed by atoms with Crippen molar-refractivity contribution < 1.29 is 0 Å². The van der Waals surface area contributed by atoms with Crippen molar-refractivity contribution >= 4 is 16.9 Å². The van der Waals surface area contributed by atoms with Gasteiger partial charge in [-0.25, -0.2) is 15.0 Å². The molecule has 1 aliphatic rings. The molecule has 140 valence electrons. The van der Waals surface area contributed by atoms with E-state index >= 15 is 0 Å². The van der Waals surface area contributed by atoms with Gasteiger partial charge >= 0.3 is 0 Å². The minimum absolute atomic E-state index is 0.669. The molecule has 2 aromatic carbocycles. The fraction of sp³-hybridized carbons (Fsp3) is 0.364. The lowest BCUT2D eigenvalue weighted by Gasteiger charge is -2.32. The number of aryl methyl sites for hydroxylation is 3.